The lowest BCUT2D eigenvalue weighted by atomic mass is 10.2. The Morgan fingerprint density at radius 2 is 1.75 bits per heavy atom. The van der Waals surface area contributed by atoms with Crippen molar-refractivity contribution in [3.63, 3.8) is 0 Å². The van der Waals surface area contributed by atoms with Gasteiger partial charge in [0, 0.05) is 23.4 Å². The molecule has 0 spiro atoms. The molecule has 0 aliphatic carbocycles. The Hall–Kier alpha value is -3.96. The number of carbonyl (C=O) groups is 2. The maximum atomic E-state index is 12.5. The number of phenols is 1. The molecule has 2 aromatic carbocycles. The van der Waals surface area contributed by atoms with E-state index < -0.39 is 28.5 Å². The number of anilines is 1. The number of aromatic hydroxyl groups is 1. The number of carbonyl (C=O) groups excluding carboxylic acids is 2. The lowest BCUT2D eigenvalue weighted by molar-refractivity contribution is -0.384. The molecule has 146 valence electrons. The fraction of sp³-hybridized carbons (Fsp3) is 0.0625. The van der Waals surface area contributed by atoms with E-state index in [9.17, 15) is 38.0 Å². The highest BCUT2D eigenvalue weighted by molar-refractivity contribution is 6.39. The molecule has 2 rings (SSSR count). The summed E-state index contributed by atoms with van der Waals surface area (Å²) in [6.45, 7) is 0. The average molecular weight is 396 g/mol. The second kappa shape index (κ2) is 8.16. The SMILES string of the molecule is O=C(N/N=C/c1cc([N+](=O)[O-])ccc1O)C(=O)Nc1ccc(C(F)(F)F)cc1. The summed E-state index contributed by atoms with van der Waals surface area (Å²) in [6, 6.07) is 6.51. The molecule has 0 bridgehead atoms. The number of non-ortho nitro benzene ring substituents is 1. The van der Waals surface area contributed by atoms with Gasteiger partial charge in [-0.15, -0.1) is 0 Å². The van der Waals surface area contributed by atoms with Crippen LogP contribution in [0.15, 0.2) is 47.6 Å². The standard InChI is InChI=1S/C16H11F3N4O5/c17-16(18,19)10-1-3-11(4-2-10)21-14(25)15(26)22-20-8-9-7-12(23(27)28)5-6-13(9)24/h1-8,24H,(H,21,25)(H,22,26)/b20-8+. The van der Waals surface area contributed by atoms with Crippen molar-refractivity contribution >= 4 is 29.4 Å². The summed E-state index contributed by atoms with van der Waals surface area (Å²) in [5.41, 5.74) is 0.439. The van der Waals surface area contributed by atoms with E-state index >= 15 is 0 Å². The van der Waals surface area contributed by atoms with Crippen molar-refractivity contribution in [2.45, 2.75) is 6.18 Å². The van der Waals surface area contributed by atoms with Gasteiger partial charge in [-0.3, -0.25) is 19.7 Å². The average Bonchev–Trinajstić information content (AvgIpc) is 2.62. The lowest BCUT2D eigenvalue weighted by Gasteiger charge is -2.08. The summed E-state index contributed by atoms with van der Waals surface area (Å²) in [5.74, 6) is -2.81. The summed E-state index contributed by atoms with van der Waals surface area (Å²) in [7, 11) is 0. The molecular formula is C16H11F3N4O5. The molecule has 0 radical (unpaired) electrons. The Balaban J connectivity index is 1.98. The molecular weight excluding hydrogens is 385 g/mol. The van der Waals surface area contributed by atoms with E-state index in [2.05, 4.69) is 10.4 Å². The van der Waals surface area contributed by atoms with Gasteiger partial charge in [0.05, 0.1) is 16.7 Å². The van der Waals surface area contributed by atoms with Crippen molar-refractivity contribution in [1.29, 1.82) is 0 Å². The van der Waals surface area contributed by atoms with Gasteiger partial charge in [0.1, 0.15) is 5.75 Å². The first-order valence-corrected chi connectivity index (χ1v) is 7.37. The van der Waals surface area contributed by atoms with Gasteiger partial charge in [-0.25, -0.2) is 5.43 Å². The first kappa shape index (κ1) is 20.4. The molecule has 0 saturated carbocycles. The summed E-state index contributed by atoms with van der Waals surface area (Å²) in [4.78, 5) is 33.3. The zero-order chi connectivity index (χ0) is 20.9. The third-order valence-corrected chi connectivity index (χ3v) is 3.27. The zero-order valence-corrected chi connectivity index (χ0v) is 13.7. The predicted molar refractivity (Wildman–Crippen MR) is 90.6 cm³/mol. The van der Waals surface area contributed by atoms with Gasteiger partial charge < -0.3 is 10.4 Å². The second-order valence-corrected chi connectivity index (χ2v) is 5.23. The van der Waals surface area contributed by atoms with Gasteiger partial charge >= 0.3 is 18.0 Å². The number of nitro benzene ring substituents is 1. The van der Waals surface area contributed by atoms with E-state index in [1.807, 2.05) is 5.43 Å². The van der Waals surface area contributed by atoms with Crippen molar-refractivity contribution in [3.05, 3.63) is 63.7 Å². The number of nitrogens with one attached hydrogen (secondary N) is 2. The summed E-state index contributed by atoms with van der Waals surface area (Å²) in [5, 5.41) is 25.7. The molecule has 0 heterocycles. The molecule has 28 heavy (non-hydrogen) atoms. The van der Waals surface area contributed by atoms with Crippen LogP contribution in [0.1, 0.15) is 11.1 Å². The number of hydrogen-bond donors (Lipinski definition) is 3. The lowest BCUT2D eigenvalue weighted by Crippen LogP contribution is -2.32. The number of alkyl halides is 3. The van der Waals surface area contributed by atoms with Crippen molar-refractivity contribution in [2.24, 2.45) is 5.10 Å². The molecule has 3 N–H and O–H groups in total. The predicted octanol–water partition coefficient (Wildman–Crippen LogP) is 2.41. The van der Waals surface area contributed by atoms with Crippen LogP contribution in [0, 0.1) is 10.1 Å². The Morgan fingerprint density at radius 1 is 1.11 bits per heavy atom. The topological polar surface area (TPSA) is 134 Å². The summed E-state index contributed by atoms with van der Waals surface area (Å²) >= 11 is 0. The summed E-state index contributed by atoms with van der Waals surface area (Å²) in [6.07, 6.45) is -3.65. The largest absolute Gasteiger partial charge is 0.507 e. The Kier molecular flexibility index (Phi) is 5.93. The molecule has 2 aromatic rings. The minimum absolute atomic E-state index is 0.0477. The number of rotatable bonds is 4. The van der Waals surface area contributed by atoms with Gasteiger partial charge in [-0.2, -0.15) is 18.3 Å². The normalized spacial score (nSPS) is 11.2. The van der Waals surface area contributed by atoms with Crippen molar-refractivity contribution in [3.8, 4) is 5.75 Å². The minimum Gasteiger partial charge on any atom is -0.507 e. The van der Waals surface area contributed by atoms with Gasteiger partial charge in [-0.1, -0.05) is 0 Å². The summed E-state index contributed by atoms with van der Waals surface area (Å²) < 4.78 is 37.4. The monoisotopic (exact) mass is 396 g/mol. The molecule has 2 amide bonds. The van der Waals surface area contributed by atoms with Gasteiger partial charge in [-0.05, 0) is 30.3 Å². The molecule has 0 aliphatic rings. The molecule has 12 heteroatoms. The van der Waals surface area contributed by atoms with Crippen LogP contribution in [0.25, 0.3) is 0 Å². The number of hydrogen-bond acceptors (Lipinski definition) is 6. The van der Waals surface area contributed by atoms with E-state index in [4.69, 9.17) is 0 Å². The van der Waals surface area contributed by atoms with E-state index in [0.717, 1.165) is 48.7 Å². The van der Waals surface area contributed by atoms with Gasteiger partial charge in [0.2, 0.25) is 0 Å². The van der Waals surface area contributed by atoms with E-state index in [-0.39, 0.29) is 22.7 Å². The maximum absolute atomic E-state index is 12.5. The number of nitro groups is 1. The highest BCUT2D eigenvalue weighted by Crippen LogP contribution is 2.29. The number of nitrogens with zero attached hydrogens (tertiary/aromatic N) is 2. The van der Waals surface area contributed by atoms with Crippen LogP contribution in [0.4, 0.5) is 24.5 Å². The fourth-order valence-corrected chi connectivity index (χ4v) is 1.90. The molecule has 0 fully saturated rings. The number of phenolic OH excluding ortho intramolecular Hbond substituents is 1. The highest BCUT2D eigenvalue weighted by Gasteiger charge is 2.30. The van der Waals surface area contributed by atoms with Crippen LogP contribution >= 0.6 is 0 Å². The van der Waals surface area contributed by atoms with Crippen molar-refractivity contribution in [1.82, 2.24) is 5.43 Å². The molecule has 9 nitrogen and oxygen atoms in total. The number of halogens is 3. The molecule has 0 saturated heterocycles. The van der Waals surface area contributed by atoms with E-state index in [0.29, 0.717) is 0 Å². The minimum atomic E-state index is -4.54. The van der Waals surface area contributed by atoms with E-state index in [1.54, 1.807) is 0 Å². The van der Waals surface area contributed by atoms with Gasteiger partial charge in [0.15, 0.2) is 0 Å². The van der Waals surface area contributed by atoms with Crippen LogP contribution in [-0.4, -0.2) is 28.1 Å². The van der Waals surface area contributed by atoms with Crippen molar-refractivity contribution < 1.29 is 32.8 Å². The maximum Gasteiger partial charge on any atom is 0.416 e. The van der Waals surface area contributed by atoms with Crippen LogP contribution in [0.2, 0.25) is 0 Å². The molecule has 0 aliphatic heterocycles. The highest BCUT2D eigenvalue weighted by atomic mass is 19.4. The third-order valence-electron chi connectivity index (χ3n) is 3.27. The number of amides is 2. The Labute approximate surface area is 154 Å². The molecule has 0 atom stereocenters. The second-order valence-electron chi connectivity index (χ2n) is 5.23. The van der Waals surface area contributed by atoms with E-state index in [1.165, 1.54) is 0 Å². The van der Waals surface area contributed by atoms with Crippen LogP contribution < -0.4 is 10.7 Å². The Morgan fingerprint density at radius 3 is 2.32 bits per heavy atom. The molecule has 0 aromatic heterocycles. The fourth-order valence-electron chi connectivity index (χ4n) is 1.90. The quantitative estimate of drug-likeness (QED) is 0.316. The van der Waals surface area contributed by atoms with Crippen molar-refractivity contribution in [2.75, 3.05) is 5.32 Å². The number of benzene rings is 2. The number of hydrazone groups is 1. The first-order valence-electron chi connectivity index (χ1n) is 7.37. The van der Waals surface area contributed by atoms with Crippen LogP contribution in [-0.2, 0) is 15.8 Å². The van der Waals surface area contributed by atoms with Gasteiger partial charge in [0.25, 0.3) is 5.69 Å². The Bertz CT molecular complexity index is 942. The first-order chi connectivity index (χ1) is 13.1. The zero-order valence-electron chi connectivity index (χ0n) is 13.7. The van der Waals surface area contributed by atoms with Crippen LogP contribution in [0.3, 0.4) is 0 Å². The third kappa shape index (κ3) is 5.27. The van der Waals surface area contributed by atoms with Crippen LogP contribution in [0.5, 0.6) is 5.75 Å². The molecule has 0 unspecified atom stereocenters. The smallest absolute Gasteiger partial charge is 0.416 e.